The minimum atomic E-state index is -0.502. The van der Waals surface area contributed by atoms with Gasteiger partial charge >= 0.3 is 6.09 Å². The van der Waals surface area contributed by atoms with E-state index in [-0.39, 0.29) is 12.4 Å². The first-order valence-corrected chi connectivity index (χ1v) is 8.14. The summed E-state index contributed by atoms with van der Waals surface area (Å²) in [6.07, 6.45) is 0.867. The van der Waals surface area contributed by atoms with Crippen LogP contribution in [0.3, 0.4) is 0 Å². The van der Waals surface area contributed by atoms with Gasteiger partial charge in [0.2, 0.25) is 0 Å². The monoisotopic (exact) mass is 327 g/mol. The van der Waals surface area contributed by atoms with Crippen molar-refractivity contribution in [3.05, 3.63) is 66.2 Å². The lowest BCUT2D eigenvalue weighted by Crippen LogP contribution is -2.33. The lowest BCUT2D eigenvalue weighted by Gasteiger charge is -2.22. The van der Waals surface area contributed by atoms with E-state index in [1.165, 1.54) is 0 Å². The molecule has 0 bridgehead atoms. The van der Waals surface area contributed by atoms with Gasteiger partial charge in [-0.3, -0.25) is 0 Å². The Morgan fingerprint density at radius 2 is 1.83 bits per heavy atom. The molecule has 0 saturated carbocycles. The smallest absolute Gasteiger partial charge is 0.410 e. The number of amides is 1. The van der Waals surface area contributed by atoms with Gasteiger partial charge in [-0.2, -0.15) is 0 Å². The summed E-state index contributed by atoms with van der Waals surface area (Å²) in [6, 6.07) is 18.8. The van der Waals surface area contributed by atoms with Crippen molar-refractivity contribution in [2.75, 3.05) is 13.2 Å². The number of benzene rings is 2. The van der Waals surface area contributed by atoms with Crippen LogP contribution in [0.25, 0.3) is 0 Å². The molecule has 0 spiro atoms. The van der Waals surface area contributed by atoms with Gasteiger partial charge in [0.15, 0.2) is 6.29 Å². The van der Waals surface area contributed by atoms with Gasteiger partial charge in [0, 0.05) is 13.0 Å². The average Bonchev–Trinajstić information content (AvgIpc) is 3.13. The maximum Gasteiger partial charge on any atom is 0.412 e. The average molecular weight is 327 g/mol. The topological polar surface area (TPSA) is 56.8 Å². The molecule has 0 aromatic heterocycles. The van der Waals surface area contributed by atoms with Gasteiger partial charge in [0.05, 0.1) is 6.54 Å². The lowest BCUT2D eigenvalue weighted by molar-refractivity contribution is -0.144. The third-order valence-electron chi connectivity index (χ3n) is 3.76. The highest BCUT2D eigenvalue weighted by molar-refractivity contribution is 5.70. The van der Waals surface area contributed by atoms with Gasteiger partial charge in [-0.1, -0.05) is 48.5 Å². The van der Waals surface area contributed by atoms with Gasteiger partial charge in [-0.05, 0) is 24.1 Å². The molecular formula is C19H21NO4. The third-order valence-corrected chi connectivity index (χ3v) is 3.76. The molecule has 0 radical (unpaired) electrons. The summed E-state index contributed by atoms with van der Waals surface area (Å²) in [5.41, 5.74) is 0.994. The van der Waals surface area contributed by atoms with Crippen LogP contribution in [-0.2, 0) is 9.47 Å². The summed E-state index contributed by atoms with van der Waals surface area (Å²) in [5, 5.41) is 2.76. The zero-order chi connectivity index (χ0) is 16.6. The highest BCUT2D eigenvalue weighted by atomic mass is 16.7. The minimum absolute atomic E-state index is 0.220. The number of ether oxygens (including phenoxy) is 3. The number of hydrogen-bond donors (Lipinski definition) is 1. The van der Waals surface area contributed by atoms with E-state index in [0.29, 0.717) is 12.3 Å². The summed E-state index contributed by atoms with van der Waals surface area (Å²) >= 11 is 0. The van der Waals surface area contributed by atoms with Crippen LogP contribution in [0.15, 0.2) is 60.7 Å². The number of hydrogen-bond acceptors (Lipinski definition) is 4. The largest absolute Gasteiger partial charge is 0.412 e. The fraction of sp³-hybridized carbons (Fsp3) is 0.316. The van der Waals surface area contributed by atoms with Crippen molar-refractivity contribution in [3.8, 4) is 5.75 Å². The van der Waals surface area contributed by atoms with Crippen molar-refractivity contribution < 1.29 is 19.0 Å². The molecule has 0 aliphatic carbocycles. The zero-order valence-corrected chi connectivity index (χ0v) is 13.4. The molecule has 5 nitrogen and oxygen atoms in total. The molecule has 3 rings (SSSR count). The van der Waals surface area contributed by atoms with E-state index in [2.05, 4.69) is 5.32 Å². The number of para-hydroxylation sites is 1. The lowest BCUT2D eigenvalue weighted by atomic mass is 10.1. The molecular weight excluding hydrogens is 306 g/mol. The van der Waals surface area contributed by atoms with Crippen LogP contribution in [0.1, 0.15) is 24.5 Å². The Bertz CT molecular complexity index is 626. The number of carbonyl (C=O) groups is 1. The van der Waals surface area contributed by atoms with E-state index in [0.717, 1.165) is 25.0 Å². The third kappa shape index (κ3) is 4.81. The van der Waals surface area contributed by atoms with Gasteiger partial charge in [-0.15, -0.1) is 0 Å². The Morgan fingerprint density at radius 3 is 2.50 bits per heavy atom. The van der Waals surface area contributed by atoms with E-state index >= 15 is 0 Å². The van der Waals surface area contributed by atoms with Crippen molar-refractivity contribution in [2.24, 2.45) is 0 Å². The summed E-state index contributed by atoms with van der Waals surface area (Å²) in [6.45, 7) is 1.03. The molecule has 1 fully saturated rings. The molecule has 1 aliphatic heterocycles. The summed E-state index contributed by atoms with van der Waals surface area (Å²) in [4.78, 5) is 12.0. The molecule has 126 valence electrons. The van der Waals surface area contributed by atoms with Gasteiger partial charge in [-0.25, -0.2) is 4.79 Å². The van der Waals surface area contributed by atoms with Crippen molar-refractivity contribution in [1.82, 2.24) is 5.32 Å². The van der Waals surface area contributed by atoms with Crippen molar-refractivity contribution in [1.29, 1.82) is 0 Å². The molecule has 1 aliphatic rings. The Kier molecular flexibility index (Phi) is 5.82. The Morgan fingerprint density at radius 1 is 1.12 bits per heavy atom. The normalized spacial score (nSPS) is 18.1. The molecule has 1 unspecified atom stereocenters. The highest BCUT2D eigenvalue weighted by Gasteiger charge is 2.23. The predicted octanol–water partition coefficient (Wildman–Crippen LogP) is 3.67. The fourth-order valence-corrected chi connectivity index (χ4v) is 2.56. The van der Waals surface area contributed by atoms with Crippen LogP contribution < -0.4 is 10.1 Å². The zero-order valence-electron chi connectivity index (χ0n) is 13.4. The quantitative estimate of drug-likeness (QED) is 0.879. The molecule has 24 heavy (non-hydrogen) atoms. The van der Waals surface area contributed by atoms with Crippen LogP contribution in [0.5, 0.6) is 5.75 Å². The second-order valence-electron chi connectivity index (χ2n) is 5.56. The molecule has 1 N–H and O–H groups in total. The SMILES string of the molecule is O=C(NC[C@@H](OC1CCCO1)c1ccccc1)Oc1ccccc1. The van der Waals surface area contributed by atoms with E-state index in [9.17, 15) is 4.79 Å². The maximum atomic E-state index is 12.0. The molecule has 2 aromatic rings. The maximum absolute atomic E-state index is 12.0. The standard InChI is InChI=1S/C19H21NO4/c21-19(23-16-10-5-2-6-11-16)20-14-17(15-8-3-1-4-9-15)24-18-12-7-13-22-18/h1-6,8-11,17-18H,7,12-14H2,(H,20,21)/t17-,18?/m1/s1. The second-order valence-corrected chi connectivity index (χ2v) is 5.56. The Hall–Kier alpha value is -2.37. The van der Waals surface area contributed by atoms with Crippen LogP contribution in [0.4, 0.5) is 4.79 Å². The molecule has 1 saturated heterocycles. The van der Waals surface area contributed by atoms with Crippen LogP contribution in [0.2, 0.25) is 0 Å². The predicted molar refractivity (Wildman–Crippen MR) is 89.7 cm³/mol. The number of nitrogens with one attached hydrogen (secondary N) is 1. The highest BCUT2D eigenvalue weighted by Crippen LogP contribution is 2.23. The Labute approximate surface area is 141 Å². The molecule has 2 atom stereocenters. The second kappa shape index (κ2) is 8.47. The first kappa shape index (κ1) is 16.5. The van der Waals surface area contributed by atoms with Crippen LogP contribution >= 0.6 is 0 Å². The van der Waals surface area contributed by atoms with Crippen molar-refractivity contribution in [2.45, 2.75) is 25.2 Å². The molecule has 1 heterocycles. The van der Waals surface area contributed by atoms with E-state index in [1.807, 2.05) is 48.5 Å². The molecule has 5 heteroatoms. The van der Waals surface area contributed by atoms with Gasteiger partial charge in [0.1, 0.15) is 11.9 Å². The van der Waals surface area contributed by atoms with Crippen molar-refractivity contribution in [3.63, 3.8) is 0 Å². The first-order chi connectivity index (χ1) is 11.8. The van der Waals surface area contributed by atoms with Crippen LogP contribution in [-0.4, -0.2) is 25.5 Å². The van der Waals surface area contributed by atoms with Gasteiger partial charge < -0.3 is 19.5 Å². The molecule has 1 amide bonds. The first-order valence-electron chi connectivity index (χ1n) is 8.14. The number of rotatable bonds is 6. The van der Waals surface area contributed by atoms with E-state index in [4.69, 9.17) is 14.2 Å². The van der Waals surface area contributed by atoms with Crippen LogP contribution in [0, 0.1) is 0 Å². The van der Waals surface area contributed by atoms with Gasteiger partial charge in [0.25, 0.3) is 0 Å². The summed E-state index contributed by atoms with van der Waals surface area (Å²) in [7, 11) is 0. The number of carbonyl (C=O) groups excluding carboxylic acids is 1. The minimum Gasteiger partial charge on any atom is -0.410 e. The van der Waals surface area contributed by atoms with E-state index < -0.39 is 6.09 Å². The fourth-order valence-electron chi connectivity index (χ4n) is 2.56. The molecule has 2 aromatic carbocycles. The van der Waals surface area contributed by atoms with Crippen molar-refractivity contribution >= 4 is 6.09 Å². The van der Waals surface area contributed by atoms with E-state index in [1.54, 1.807) is 12.1 Å². The summed E-state index contributed by atoms with van der Waals surface area (Å²) < 4.78 is 16.8. The summed E-state index contributed by atoms with van der Waals surface area (Å²) in [5.74, 6) is 0.506. The Balaban J connectivity index is 1.58.